The first kappa shape index (κ1) is 13.9. The molecule has 0 radical (unpaired) electrons. The molecule has 2 aromatic rings. The third-order valence-electron chi connectivity index (χ3n) is 2.64. The zero-order chi connectivity index (χ0) is 13.8. The number of nitrogens with zero attached hydrogens (tertiary/aromatic N) is 1. The Bertz CT molecular complexity index is 580. The lowest BCUT2D eigenvalue weighted by Crippen LogP contribution is -2.22. The molecule has 1 amide bonds. The molecule has 0 fully saturated rings. The van der Waals surface area contributed by atoms with Crippen LogP contribution in [0.4, 0.5) is 5.69 Å². The molecule has 0 bridgehead atoms. The number of hydrogen-bond acceptors (Lipinski definition) is 3. The Morgan fingerprint density at radius 1 is 1.37 bits per heavy atom. The van der Waals surface area contributed by atoms with E-state index in [1.54, 1.807) is 30.3 Å². The Balaban J connectivity index is 2.14. The van der Waals surface area contributed by atoms with Crippen LogP contribution in [-0.4, -0.2) is 24.9 Å². The summed E-state index contributed by atoms with van der Waals surface area (Å²) in [5.41, 5.74) is 1.51. The van der Waals surface area contributed by atoms with Crippen molar-refractivity contribution in [3.05, 3.63) is 51.2 Å². The molecule has 100 valence electrons. The highest BCUT2D eigenvalue weighted by Crippen LogP contribution is 2.22. The zero-order valence-corrected chi connectivity index (χ0v) is 12.4. The molecule has 19 heavy (non-hydrogen) atoms. The van der Waals surface area contributed by atoms with Crippen LogP contribution in [0.15, 0.2) is 35.7 Å². The number of anilines is 1. The summed E-state index contributed by atoms with van der Waals surface area (Å²) >= 11 is 7.49. The smallest absolute Gasteiger partial charge is 0.255 e. The average molecular weight is 295 g/mol. The lowest BCUT2D eigenvalue weighted by Gasteiger charge is -2.14. The van der Waals surface area contributed by atoms with Crippen molar-refractivity contribution < 1.29 is 4.79 Å². The van der Waals surface area contributed by atoms with Gasteiger partial charge in [-0.2, -0.15) is 0 Å². The summed E-state index contributed by atoms with van der Waals surface area (Å²) in [6.07, 6.45) is 0. The maximum Gasteiger partial charge on any atom is 0.255 e. The first-order chi connectivity index (χ1) is 9.08. The lowest BCUT2D eigenvalue weighted by atomic mass is 10.1. The van der Waals surface area contributed by atoms with Crippen LogP contribution in [0.1, 0.15) is 15.2 Å². The van der Waals surface area contributed by atoms with E-state index in [2.05, 4.69) is 5.32 Å². The fraction of sp³-hybridized carbons (Fsp3) is 0.214. The molecule has 0 aliphatic rings. The van der Waals surface area contributed by atoms with Crippen molar-refractivity contribution in [2.45, 2.75) is 6.54 Å². The van der Waals surface area contributed by atoms with Gasteiger partial charge in [0.15, 0.2) is 0 Å². The first-order valence-electron chi connectivity index (χ1n) is 5.85. The quantitative estimate of drug-likeness (QED) is 0.932. The number of benzene rings is 1. The third-order valence-corrected chi connectivity index (χ3v) is 3.92. The normalized spacial score (nSPS) is 10.3. The second-order valence-corrected chi connectivity index (χ2v) is 5.76. The Morgan fingerprint density at radius 3 is 2.74 bits per heavy atom. The van der Waals surface area contributed by atoms with Gasteiger partial charge in [-0.15, -0.1) is 11.3 Å². The molecular formula is C14H15ClN2OS. The molecule has 0 saturated heterocycles. The fourth-order valence-corrected chi connectivity index (χ4v) is 2.71. The van der Waals surface area contributed by atoms with E-state index < -0.39 is 0 Å². The molecule has 1 aromatic carbocycles. The van der Waals surface area contributed by atoms with E-state index >= 15 is 0 Å². The van der Waals surface area contributed by atoms with Crippen molar-refractivity contribution in [3.63, 3.8) is 0 Å². The second-order valence-electron chi connectivity index (χ2n) is 4.33. The molecule has 0 aliphatic carbocycles. The summed E-state index contributed by atoms with van der Waals surface area (Å²) in [7, 11) is 3.50. The van der Waals surface area contributed by atoms with Gasteiger partial charge >= 0.3 is 0 Å². The van der Waals surface area contributed by atoms with Crippen molar-refractivity contribution in [1.29, 1.82) is 0 Å². The lowest BCUT2D eigenvalue weighted by molar-refractivity contribution is 0.0828. The molecular weight excluding hydrogens is 280 g/mol. The van der Waals surface area contributed by atoms with E-state index in [0.717, 1.165) is 15.6 Å². The van der Waals surface area contributed by atoms with Gasteiger partial charge in [-0.25, -0.2) is 0 Å². The van der Waals surface area contributed by atoms with Crippen LogP contribution in [0.25, 0.3) is 0 Å². The summed E-state index contributed by atoms with van der Waals surface area (Å²) in [6.45, 7) is 0.662. The Kier molecular flexibility index (Phi) is 4.45. The van der Waals surface area contributed by atoms with E-state index in [1.165, 1.54) is 0 Å². The van der Waals surface area contributed by atoms with E-state index in [1.807, 2.05) is 35.7 Å². The minimum atomic E-state index is -0.00712. The molecule has 1 N–H and O–H groups in total. The van der Waals surface area contributed by atoms with Crippen LogP contribution in [0.2, 0.25) is 5.02 Å². The number of hydrogen-bond donors (Lipinski definition) is 1. The van der Waals surface area contributed by atoms with Crippen molar-refractivity contribution in [2.24, 2.45) is 0 Å². The Morgan fingerprint density at radius 2 is 2.11 bits per heavy atom. The van der Waals surface area contributed by atoms with E-state index in [0.29, 0.717) is 12.1 Å². The maximum absolute atomic E-state index is 12.0. The minimum absolute atomic E-state index is 0.00712. The maximum atomic E-state index is 12.0. The topological polar surface area (TPSA) is 32.3 Å². The van der Waals surface area contributed by atoms with Gasteiger partial charge in [0.25, 0.3) is 5.91 Å². The van der Waals surface area contributed by atoms with Gasteiger partial charge in [0.1, 0.15) is 0 Å². The largest absolute Gasteiger partial charge is 0.380 e. The van der Waals surface area contributed by atoms with Gasteiger partial charge in [-0.05, 0) is 18.2 Å². The van der Waals surface area contributed by atoms with Crippen molar-refractivity contribution in [3.8, 4) is 0 Å². The molecule has 0 atom stereocenters. The first-order valence-corrected chi connectivity index (χ1v) is 7.11. The molecule has 0 spiro atoms. The zero-order valence-electron chi connectivity index (χ0n) is 10.8. The highest BCUT2D eigenvalue weighted by atomic mass is 35.5. The van der Waals surface area contributed by atoms with Gasteiger partial charge in [-0.1, -0.05) is 23.7 Å². The van der Waals surface area contributed by atoms with Gasteiger partial charge in [-0.3, -0.25) is 4.79 Å². The van der Waals surface area contributed by atoms with Crippen LogP contribution in [0.3, 0.4) is 0 Å². The van der Waals surface area contributed by atoms with Crippen molar-refractivity contribution in [1.82, 2.24) is 4.90 Å². The second kappa shape index (κ2) is 6.08. The number of nitrogens with one attached hydrogen (secondary N) is 1. The van der Waals surface area contributed by atoms with Crippen LogP contribution in [0, 0.1) is 0 Å². The summed E-state index contributed by atoms with van der Waals surface area (Å²) < 4.78 is 0. The summed E-state index contributed by atoms with van der Waals surface area (Å²) in [4.78, 5) is 14.8. The Labute approximate surface area is 121 Å². The summed E-state index contributed by atoms with van der Waals surface area (Å²) in [6, 6.07) is 9.44. The van der Waals surface area contributed by atoms with E-state index in [9.17, 15) is 4.79 Å². The van der Waals surface area contributed by atoms with E-state index in [4.69, 9.17) is 11.6 Å². The number of amides is 1. The monoisotopic (exact) mass is 294 g/mol. The number of carbonyl (C=O) groups excluding carboxylic acids is 1. The van der Waals surface area contributed by atoms with Crippen LogP contribution < -0.4 is 5.32 Å². The summed E-state index contributed by atoms with van der Waals surface area (Å²) in [5.74, 6) is -0.00712. The van der Waals surface area contributed by atoms with Crippen molar-refractivity contribution >= 4 is 34.5 Å². The van der Waals surface area contributed by atoms with Gasteiger partial charge in [0.2, 0.25) is 0 Å². The molecule has 1 heterocycles. The highest BCUT2D eigenvalue weighted by molar-refractivity contribution is 7.10. The average Bonchev–Trinajstić information content (AvgIpc) is 2.81. The number of rotatable bonds is 4. The molecule has 2 rings (SSSR count). The molecule has 0 saturated carbocycles. The molecule has 0 unspecified atom stereocenters. The molecule has 0 aliphatic heterocycles. The minimum Gasteiger partial charge on any atom is -0.380 e. The van der Waals surface area contributed by atoms with Gasteiger partial charge in [0.05, 0.1) is 10.6 Å². The van der Waals surface area contributed by atoms with Crippen LogP contribution >= 0.6 is 22.9 Å². The predicted molar refractivity (Wildman–Crippen MR) is 81.1 cm³/mol. The highest BCUT2D eigenvalue weighted by Gasteiger charge is 2.12. The van der Waals surface area contributed by atoms with E-state index in [-0.39, 0.29) is 5.91 Å². The van der Waals surface area contributed by atoms with Crippen LogP contribution in [0.5, 0.6) is 0 Å². The molecule has 5 heteroatoms. The Hall–Kier alpha value is -1.52. The summed E-state index contributed by atoms with van der Waals surface area (Å²) in [5, 5.41) is 5.93. The fourth-order valence-electron chi connectivity index (χ4n) is 1.69. The van der Waals surface area contributed by atoms with Gasteiger partial charge < -0.3 is 10.2 Å². The molecule has 1 aromatic heterocycles. The van der Waals surface area contributed by atoms with Gasteiger partial charge in [0, 0.05) is 36.6 Å². The number of halogens is 1. The number of para-hydroxylation sites is 1. The third kappa shape index (κ3) is 3.49. The van der Waals surface area contributed by atoms with Crippen LogP contribution in [-0.2, 0) is 6.54 Å². The SMILES string of the molecule is CN(C)C(=O)c1ccccc1NCc1cc(Cl)cs1. The standard InChI is InChI=1S/C14H15ClN2OS/c1-17(2)14(18)12-5-3-4-6-13(12)16-8-11-7-10(15)9-19-11/h3-7,9,16H,8H2,1-2H3. The molecule has 3 nitrogen and oxygen atoms in total. The number of carbonyl (C=O) groups is 1. The van der Waals surface area contributed by atoms with Crippen molar-refractivity contribution in [2.75, 3.05) is 19.4 Å². The predicted octanol–water partition coefficient (Wildman–Crippen LogP) is 3.72. The number of thiophene rings is 1.